The van der Waals surface area contributed by atoms with Gasteiger partial charge in [-0.2, -0.15) is 0 Å². The van der Waals surface area contributed by atoms with E-state index in [4.69, 9.17) is 5.73 Å². The number of anilines is 1. The Hall–Kier alpha value is -1.55. The Morgan fingerprint density at radius 1 is 1.44 bits per heavy atom. The lowest BCUT2D eigenvalue weighted by Gasteiger charge is -2.25. The molecule has 4 nitrogen and oxygen atoms in total. The van der Waals surface area contributed by atoms with Crippen molar-refractivity contribution in [1.82, 2.24) is 0 Å². The van der Waals surface area contributed by atoms with Crippen LogP contribution in [0, 0.1) is 0 Å². The fourth-order valence-electron chi connectivity index (χ4n) is 1.52. The van der Waals surface area contributed by atoms with E-state index < -0.39 is 6.04 Å². The van der Waals surface area contributed by atoms with Gasteiger partial charge in [0, 0.05) is 18.8 Å². The molecule has 0 unspecified atom stereocenters. The van der Waals surface area contributed by atoms with Crippen molar-refractivity contribution in [3.05, 3.63) is 30.3 Å². The number of hydrogen-bond acceptors (Lipinski definition) is 4. The molecule has 0 aromatic heterocycles. The topological polar surface area (TPSA) is 55.6 Å². The quantitative estimate of drug-likeness (QED) is 0.755. The third-order valence-electron chi connectivity index (χ3n) is 2.42. The summed E-state index contributed by atoms with van der Waals surface area (Å²) in [6.45, 7) is 3.29. The predicted molar refractivity (Wildman–Crippen MR) is 64.3 cm³/mol. The molecule has 1 aromatic carbocycles. The minimum absolute atomic E-state index is 0.380. The number of ether oxygens (including phenoxy) is 1. The van der Waals surface area contributed by atoms with E-state index in [0.29, 0.717) is 6.54 Å². The average molecular weight is 222 g/mol. The summed E-state index contributed by atoms with van der Waals surface area (Å²) >= 11 is 0. The number of carbonyl (C=O) groups excluding carboxylic acids is 1. The van der Waals surface area contributed by atoms with Crippen LogP contribution in [-0.4, -0.2) is 32.2 Å². The molecular weight excluding hydrogens is 204 g/mol. The molecule has 1 aromatic rings. The maximum absolute atomic E-state index is 11.2. The van der Waals surface area contributed by atoms with Crippen LogP contribution in [0.25, 0.3) is 0 Å². The number of nitrogens with two attached hydrogens (primary N) is 1. The van der Waals surface area contributed by atoms with Gasteiger partial charge in [0.15, 0.2) is 0 Å². The lowest BCUT2D eigenvalue weighted by molar-refractivity contribution is -0.141. The molecule has 0 fully saturated rings. The Bertz CT molecular complexity index is 327. The van der Waals surface area contributed by atoms with Gasteiger partial charge in [0.1, 0.15) is 6.04 Å². The molecule has 16 heavy (non-hydrogen) atoms. The number of likely N-dealkylation sites (N-methyl/N-ethyl adjacent to an activating group) is 1. The predicted octanol–water partition coefficient (Wildman–Crippen LogP) is 1.01. The van der Waals surface area contributed by atoms with Crippen LogP contribution in [0.3, 0.4) is 0 Å². The van der Waals surface area contributed by atoms with Gasteiger partial charge >= 0.3 is 5.97 Å². The summed E-state index contributed by atoms with van der Waals surface area (Å²) in [6.07, 6.45) is 0. The molecule has 0 heterocycles. The van der Waals surface area contributed by atoms with Gasteiger partial charge in [0.2, 0.25) is 0 Å². The van der Waals surface area contributed by atoms with Crippen molar-refractivity contribution in [2.24, 2.45) is 5.73 Å². The van der Waals surface area contributed by atoms with Crippen molar-refractivity contribution in [3.8, 4) is 0 Å². The molecule has 88 valence electrons. The summed E-state index contributed by atoms with van der Waals surface area (Å²) < 4.78 is 4.60. The Morgan fingerprint density at radius 3 is 2.56 bits per heavy atom. The zero-order chi connectivity index (χ0) is 12.0. The lowest BCUT2D eigenvalue weighted by Crippen LogP contribution is -2.43. The average Bonchev–Trinajstić information content (AvgIpc) is 2.35. The highest BCUT2D eigenvalue weighted by atomic mass is 16.5. The number of rotatable bonds is 5. The van der Waals surface area contributed by atoms with Crippen LogP contribution in [0.2, 0.25) is 0 Å². The van der Waals surface area contributed by atoms with E-state index >= 15 is 0 Å². The number of hydrogen-bond donors (Lipinski definition) is 1. The Morgan fingerprint density at radius 2 is 2.06 bits per heavy atom. The minimum Gasteiger partial charge on any atom is -0.468 e. The van der Waals surface area contributed by atoms with Crippen LogP contribution in [0.5, 0.6) is 0 Å². The zero-order valence-corrected chi connectivity index (χ0v) is 9.72. The number of esters is 1. The number of para-hydroxylation sites is 1. The monoisotopic (exact) mass is 222 g/mol. The molecule has 0 aliphatic heterocycles. The molecule has 2 N–H and O–H groups in total. The van der Waals surface area contributed by atoms with Crippen LogP contribution in [-0.2, 0) is 9.53 Å². The minimum atomic E-state index is -0.606. The van der Waals surface area contributed by atoms with Crippen molar-refractivity contribution >= 4 is 11.7 Å². The molecule has 4 heteroatoms. The SMILES string of the molecule is CCN(C[C@H](N)C(=O)OC)c1ccccc1. The summed E-state index contributed by atoms with van der Waals surface area (Å²) in [6, 6.07) is 9.26. The highest BCUT2D eigenvalue weighted by Gasteiger charge is 2.17. The van der Waals surface area contributed by atoms with Gasteiger partial charge in [0.05, 0.1) is 7.11 Å². The third kappa shape index (κ3) is 3.24. The highest BCUT2D eigenvalue weighted by Crippen LogP contribution is 2.12. The number of carbonyl (C=O) groups is 1. The largest absolute Gasteiger partial charge is 0.468 e. The second kappa shape index (κ2) is 6.12. The molecule has 0 saturated carbocycles. The lowest BCUT2D eigenvalue weighted by atomic mass is 10.2. The maximum atomic E-state index is 11.2. The van der Waals surface area contributed by atoms with Crippen LogP contribution >= 0.6 is 0 Å². The fourth-order valence-corrected chi connectivity index (χ4v) is 1.52. The van der Waals surface area contributed by atoms with Crippen molar-refractivity contribution < 1.29 is 9.53 Å². The summed E-state index contributed by atoms with van der Waals surface area (Å²) in [7, 11) is 1.35. The summed E-state index contributed by atoms with van der Waals surface area (Å²) in [4.78, 5) is 13.3. The highest BCUT2D eigenvalue weighted by molar-refractivity contribution is 5.76. The van der Waals surface area contributed by atoms with Crippen LogP contribution in [0.1, 0.15) is 6.92 Å². The number of nitrogens with zero attached hydrogens (tertiary/aromatic N) is 1. The molecule has 0 bridgehead atoms. The van der Waals surface area contributed by atoms with Crippen molar-refractivity contribution in [2.75, 3.05) is 25.1 Å². The molecule has 0 aliphatic rings. The van der Waals surface area contributed by atoms with Crippen LogP contribution < -0.4 is 10.6 Å². The van der Waals surface area contributed by atoms with Crippen molar-refractivity contribution in [3.63, 3.8) is 0 Å². The summed E-state index contributed by atoms with van der Waals surface area (Å²) in [5.41, 5.74) is 6.78. The van der Waals surface area contributed by atoms with E-state index in [9.17, 15) is 4.79 Å². The molecule has 0 saturated heterocycles. The molecule has 1 atom stereocenters. The normalized spacial score (nSPS) is 11.9. The first kappa shape index (κ1) is 12.5. The number of methoxy groups -OCH3 is 1. The Balaban J connectivity index is 2.66. The molecule has 0 aliphatic carbocycles. The molecule has 0 amide bonds. The molecule has 1 rings (SSSR count). The van der Waals surface area contributed by atoms with E-state index in [1.807, 2.05) is 42.2 Å². The zero-order valence-electron chi connectivity index (χ0n) is 9.72. The molecule has 0 spiro atoms. The molecular formula is C12H18N2O2. The van der Waals surface area contributed by atoms with Crippen LogP contribution in [0.15, 0.2) is 30.3 Å². The molecule has 0 radical (unpaired) electrons. The van der Waals surface area contributed by atoms with Gasteiger partial charge in [-0.1, -0.05) is 18.2 Å². The first-order valence-electron chi connectivity index (χ1n) is 5.32. The van der Waals surface area contributed by atoms with Gasteiger partial charge in [0.25, 0.3) is 0 Å². The van der Waals surface area contributed by atoms with E-state index in [0.717, 1.165) is 12.2 Å². The first-order chi connectivity index (χ1) is 7.69. The second-order valence-electron chi connectivity index (χ2n) is 3.50. The van der Waals surface area contributed by atoms with Gasteiger partial charge in [-0.15, -0.1) is 0 Å². The third-order valence-corrected chi connectivity index (χ3v) is 2.42. The standard InChI is InChI=1S/C12H18N2O2/c1-3-14(9-11(13)12(15)16-2)10-7-5-4-6-8-10/h4-8,11H,3,9,13H2,1-2H3/t11-/m0/s1. The van der Waals surface area contributed by atoms with E-state index in [1.165, 1.54) is 7.11 Å². The Kier molecular flexibility index (Phi) is 4.79. The van der Waals surface area contributed by atoms with Gasteiger partial charge in [-0.25, -0.2) is 0 Å². The van der Waals surface area contributed by atoms with Gasteiger partial charge in [-0.05, 0) is 19.1 Å². The van der Waals surface area contributed by atoms with E-state index in [-0.39, 0.29) is 5.97 Å². The first-order valence-corrected chi connectivity index (χ1v) is 5.32. The Labute approximate surface area is 96.0 Å². The maximum Gasteiger partial charge on any atom is 0.324 e. The van der Waals surface area contributed by atoms with E-state index in [2.05, 4.69) is 4.74 Å². The fraction of sp³-hybridized carbons (Fsp3) is 0.417. The van der Waals surface area contributed by atoms with Crippen molar-refractivity contribution in [2.45, 2.75) is 13.0 Å². The summed E-state index contributed by atoms with van der Waals surface area (Å²) in [5.74, 6) is -0.380. The smallest absolute Gasteiger partial charge is 0.324 e. The summed E-state index contributed by atoms with van der Waals surface area (Å²) in [5, 5.41) is 0. The van der Waals surface area contributed by atoms with E-state index in [1.54, 1.807) is 0 Å². The van der Waals surface area contributed by atoms with Gasteiger partial charge in [-0.3, -0.25) is 4.79 Å². The second-order valence-corrected chi connectivity index (χ2v) is 3.50. The van der Waals surface area contributed by atoms with Gasteiger partial charge < -0.3 is 15.4 Å². The van der Waals surface area contributed by atoms with Crippen molar-refractivity contribution in [1.29, 1.82) is 0 Å². The van der Waals surface area contributed by atoms with Crippen LogP contribution in [0.4, 0.5) is 5.69 Å². The number of benzene rings is 1.